The fraction of sp³-hybridized carbons (Fsp3) is 0.786. The molecule has 0 spiro atoms. The van der Waals surface area contributed by atoms with Crippen molar-refractivity contribution in [3.8, 4) is 0 Å². The van der Waals surface area contributed by atoms with Gasteiger partial charge in [0.1, 0.15) is 0 Å². The third-order valence-corrected chi connectivity index (χ3v) is 9.21. The van der Waals surface area contributed by atoms with Gasteiger partial charge in [0.2, 0.25) is 0 Å². The first kappa shape index (κ1) is 24.2. The highest BCUT2D eigenvalue weighted by molar-refractivity contribution is 5.38. The molecular formula is C28H45NO3. The third kappa shape index (κ3) is 5.09. The molecule has 0 amide bonds. The molecule has 1 heterocycles. The van der Waals surface area contributed by atoms with Crippen LogP contribution in [0.2, 0.25) is 0 Å². The summed E-state index contributed by atoms with van der Waals surface area (Å²) in [5.74, 6) is 2.23. The molecule has 3 saturated carbocycles. The molecule has 0 radical (unpaired) electrons. The second kappa shape index (κ2) is 10.1. The second-order valence-electron chi connectivity index (χ2n) is 11.4. The van der Waals surface area contributed by atoms with Crippen LogP contribution < -0.4 is 0 Å². The lowest BCUT2D eigenvalue weighted by Gasteiger charge is -2.44. The molecule has 1 aliphatic heterocycles. The molecule has 32 heavy (non-hydrogen) atoms. The zero-order chi connectivity index (χ0) is 22.9. The molecular weight excluding hydrogens is 398 g/mol. The van der Waals surface area contributed by atoms with Crippen LogP contribution in [-0.2, 0) is 4.74 Å². The van der Waals surface area contributed by atoms with Gasteiger partial charge in [0.25, 0.3) is 0 Å². The Kier molecular flexibility index (Phi) is 7.66. The van der Waals surface area contributed by atoms with Gasteiger partial charge in [0.15, 0.2) is 0 Å². The maximum absolute atomic E-state index is 10.2. The smallest absolute Gasteiger partial charge is 0.0811 e. The standard InChI is InChI=1S/C28H45NO3/c1-19(11-13-29-14-15-32-20(2)18-29)25-9-10-26-22(6-5-12-28(25,26)4)7-8-23-16-24(30)17-27(31)21(23)3/h7-8,19-20,24-27,30-31H,3,5-6,9-18H2,1-2,4H3/b22-7+,23-8-/t19-,20+,24-,25-,26+,27-,28-/m1/s1. The van der Waals surface area contributed by atoms with Gasteiger partial charge < -0.3 is 14.9 Å². The minimum Gasteiger partial charge on any atom is -0.393 e. The van der Waals surface area contributed by atoms with E-state index in [0.29, 0.717) is 30.3 Å². The van der Waals surface area contributed by atoms with Crippen molar-refractivity contribution in [1.29, 1.82) is 0 Å². The first-order chi connectivity index (χ1) is 15.3. The number of hydrogen-bond acceptors (Lipinski definition) is 4. The maximum atomic E-state index is 10.2. The fourth-order valence-electron chi connectivity index (χ4n) is 7.36. The van der Waals surface area contributed by atoms with Gasteiger partial charge in [-0.15, -0.1) is 0 Å². The van der Waals surface area contributed by atoms with E-state index in [2.05, 4.69) is 44.4 Å². The van der Waals surface area contributed by atoms with Gasteiger partial charge in [-0.05, 0) is 92.7 Å². The van der Waals surface area contributed by atoms with Crippen molar-refractivity contribution in [2.24, 2.45) is 23.2 Å². The number of allylic oxidation sites excluding steroid dienone is 3. The highest BCUT2D eigenvalue weighted by atomic mass is 16.5. The van der Waals surface area contributed by atoms with E-state index < -0.39 is 12.2 Å². The summed E-state index contributed by atoms with van der Waals surface area (Å²) in [6.45, 7) is 15.6. The molecule has 0 aromatic rings. The summed E-state index contributed by atoms with van der Waals surface area (Å²) in [5, 5.41) is 20.2. The fourth-order valence-corrected chi connectivity index (χ4v) is 7.36. The summed E-state index contributed by atoms with van der Waals surface area (Å²) in [5.41, 5.74) is 3.81. The minimum absolute atomic E-state index is 0.370. The van der Waals surface area contributed by atoms with Crippen LogP contribution in [0.15, 0.2) is 35.5 Å². The van der Waals surface area contributed by atoms with Crippen molar-refractivity contribution < 1.29 is 14.9 Å². The van der Waals surface area contributed by atoms with Crippen LogP contribution in [-0.4, -0.2) is 59.7 Å². The number of ether oxygens (including phenoxy) is 1. The molecule has 4 nitrogen and oxygen atoms in total. The normalized spacial score (nSPS) is 42.4. The zero-order valence-corrected chi connectivity index (χ0v) is 20.6. The summed E-state index contributed by atoms with van der Waals surface area (Å²) < 4.78 is 5.71. The Hall–Kier alpha value is -0.940. The van der Waals surface area contributed by atoms with Crippen LogP contribution in [0.1, 0.15) is 72.1 Å². The van der Waals surface area contributed by atoms with Crippen LogP contribution in [0.3, 0.4) is 0 Å². The Morgan fingerprint density at radius 2 is 2.09 bits per heavy atom. The number of fused-ring (bicyclic) bond motifs is 1. The van der Waals surface area contributed by atoms with Crippen LogP contribution in [0.4, 0.5) is 0 Å². The van der Waals surface area contributed by atoms with E-state index in [0.717, 1.165) is 42.7 Å². The summed E-state index contributed by atoms with van der Waals surface area (Å²) in [6.07, 6.45) is 12.6. The number of hydrogen-bond donors (Lipinski definition) is 2. The van der Waals surface area contributed by atoms with E-state index in [1.165, 1.54) is 45.1 Å². The molecule has 0 bridgehead atoms. The van der Waals surface area contributed by atoms with Crippen molar-refractivity contribution >= 4 is 0 Å². The summed E-state index contributed by atoms with van der Waals surface area (Å²) in [4.78, 5) is 2.59. The molecule has 4 fully saturated rings. The first-order valence-electron chi connectivity index (χ1n) is 13.1. The van der Waals surface area contributed by atoms with Crippen molar-refractivity contribution in [3.05, 3.63) is 35.5 Å². The van der Waals surface area contributed by atoms with E-state index in [4.69, 9.17) is 4.74 Å². The maximum Gasteiger partial charge on any atom is 0.0811 e. The summed E-state index contributed by atoms with van der Waals surface area (Å²) in [6, 6.07) is 0. The first-order valence-corrected chi connectivity index (χ1v) is 13.1. The topological polar surface area (TPSA) is 52.9 Å². The molecule has 2 N–H and O–H groups in total. The average Bonchev–Trinajstić information content (AvgIpc) is 3.11. The van der Waals surface area contributed by atoms with Crippen molar-refractivity contribution in [3.63, 3.8) is 0 Å². The number of nitrogens with zero attached hydrogens (tertiary/aromatic N) is 1. The zero-order valence-electron chi connectivity index (χ0n) is 20.6. The van der Waals surface area contributed by atoms with E-state index in [1.807, 2.05) is 0 Å². The number of aliphatic hydroxyl groups excluding tert-OH is 2. The highest BCUT2D eigenvalue weighted by Gasteiger charge is 2.50. The number of morpholine rings is 1. The van der Waals surface area contributed by atoms with Gasteiger partial charge in [-0.25, -0.2) is 0 Å². The molecule has 0 unspecified atom stereocenters. The lowest BCUT2D eigenvalue weighted by Crippen LogP contribution is -2.42. The van der Waals surface area contributed by atoms with E-state index in [1.54, 1.807) is 5.57 Å². The lowest BCUT2D eigenvalue weighted by molar-refractivity contribution is -0.0216. The molecule has 4 heteroatoms. The highest BCUT2D eigenvalue weighted by Crippen LogP contribution is 2.59. The predicted octanol–water partition coefficient (Wildman–Crippen LogP) is 4.87. The van der Waals surface area contributed by atoms with Crippen molar-refractivity contribution in [2.45, 2.75) is 90.4 Å². The van der Waals surface area contributed by atoms with Crippen LogP contribution in [0.5, 0.6) is 0 Å². The second-order valence-corrected chi connectivity index (χ2v) is 11.4. The molecule has 7 atom stereocenters. The Bertz CT molecular complexity index is 743. The Balaban J connectivity index is 1.41. The van der Waals surface area contributed by atoms with Gasteiger partial charge in [-0.2, -0.15) is 0 Å². The van der Waals surface area contributed by atoms with E-state index in [9.17, 15) is 10.2 Å². The van der Waals surface area contributed by atoms with Gasteiger partial charge in [-0.3, -0.25) is 4.90 Å². The minimum atomic E-state index is -0.605. The summed E-state index contributed by atoms with van der Waals surface area (Å²) in [7, 11) is 0. The molecule has 0 aromatic carbocycles. The molecule has 3 aliphatic carbocycles. The molecule has 4 rings (SSSR count). The van der Waals surface area contributed by atoms with Gasteiger partial charge in [0.05, 0.1) is 24.9 Å². The largest absolute Gasteiger partial charge is 0.393 e. The van der Waals surface area contributed by atoms with Crippen LogP contribution in [0, 0.1) is 23.2 Å². The lowest BCUT2D eigenvalue weighted by atomic mass is 9.61. The Morgan fingerprint density at radius 3 is 2.88 bits per heavy atom. The van der Waals surface area contributed by atoms with Gasteiger partial charge in [-0.1, -0.05) is 38.2 Å². The van der Waals surface area contributed by atoms with E-state index >= 15 is 0 Å². The average molecular weight is 444 g/mol. The van der Waals surface area contributed by atoms with Gasteiger partial charge >= 0.3 is 0 Å². The number of aliphatic hydroxyl groups is 2. The van der Waals surface area contributed by atoms with Crippen molar-refractivity contribution in [2.75, 3.05) is 26.2 Å². The summed E-state index contributed by atoms with van der Waals surface area (Å²) >= 11 is 0. The molecule has 180 valence electrons. The Labute approximate surface area is 195 Å². The SMILES string of the molecule is C=C1/C(=C\C=C2/CCC[C@]3(C)[C@@H]([C@H](C)CCN4CCO[C@@H](C)C4)CC[C@@H]23)C[C@@H](O)C[C@H]1O. The Morgan fingerprint density at radius 1 is 1.28 bits per heavy atom. The quantitative estimate of drug-likeness (QED) is 0.636. The van der Waals surface area contributed by atoms with E-state index in [-0.39, 0.29) is 0 Å². The van der Waals surface area contributed by atoms with Crippen LogP contribution in [0.25, 0.3) is 0 Å². The third-order valence-electron chi connectivity index (χ3n) is 9.21. The molecule has 1 saturated heterocycles. The molecule has 4 aliphatic rings. The predicted molar refractivity (Wildman–Crippen MR) is 130 cm³/mol. The van der Waals surface area contributed by atoms with Crippen LogP contribution >= 0.6 is 0 Å². The van der Waals surface area contributed by atoms with Crippen molar-refractivity contribution in [1.82, 2.24) is 4.90 Å². The molecule has 0 aromatic heterocycles. The van der Waals surface area contributed by atoms with Gasteiger partial charge in [0, 0.05) is 19.5 Å². The number of rotatable bonds is 5. The monoisotopic (exact) mass is 443 g/mol.